The van der Waals surface area contributed by atoms with Gasteiger partial charge in [-0.25, -0.2) is 0 Å². The molecule has 3 aromatic rings. The van der Waals surface area contributed by atoms with Gasteiger partial charge in [0.15, 0.2) is 11.5 Å². The quantitative estimate of drug-likeness (QED) is 0.384. The molecular formula is C23H22Cl3NO2. The van der Waals surface area contributed by atoms with Crippen LogP contribution in [0.25, 0.3) is 0 Å². The Morgan fingerprint density at radius 1 is 0.862 bits per heavy atom. The molecule has 0 saturated heterocycles. The zero-order valence-corrected chi connectivity index (χ0v) is 18.5. The summed E-state index contributed by atoms with van der Waals surface area (Å²) in [4.78, 5) is 0. The fourth-order valence-corrected chi connectivity index (χ4v) is 3.68. The lowest BCUT2D eigenvalue weighted by molar-refractivity contribution is 0.269. The third-order valence-corrected chi connectivity index (χ3v) is 5.08. The largest absolute Gasteiger partial charge is 0.490 e. The van der Waals surface area contributed by atoms with Gasteiger partial charge in [0.25, 0.3) is 0 Å². The minimum absolute atomic E-state index is 0.416. The van der Waals surface area contributed by atoms with Crippen LogP contribution in [0.5, 0.6) is 11.5 Å². The minimum atomic E-state index is 0.416. The van der Waals surface area contributed by atoms with E-state index in [1.54, 1.807) is 12.1 Å². The predicted molar refractivity (Wildman–Crippen MR) is 122 cm³/mol. The summed E-state index contributed by atoms with van der Waals surface area (Å²) in [5, 5.41) is 4.95. The monoisotopic (exact) mass is 449 g/mol. The maximum absolute atomic E-state index is 6.53. The van der Waals surface area contributed by atoms with Gasteiger partial charge in [-0.1, -0.05) is 64.6 Å². The molecule has 0 atom stereocenters. The van der Waals surface area contributed by atoms with E-state index in [0.29, 0.717) is 46.3 Å². The number of hydrogen-bond donors (Lipinski definition) is 1. The predicted octanol–water partition coefficient (Wildman–Crippen LogP) is 7.55. The Bertz CT molecular complexity index is 992. The summed E-state index contributed by atoms with van der Waals surface area (Å²) in [5.41, 5.74) is 4.01. The third-order valence-electron chi connectivity index (χ3n) is 4.25. The van der Waals surface area contributed by atoms with Crippen molar-refractivity contribution in [2.75, 3.05) is 11.9 Å². The standard InChI is InChI=1S/C23H22Cl3NO2/c1-3-28-22-11-17(13-27-21-8-7-18(24)12-19(21)25)10-20(26)23(22)29-14-16-6-4-5-15(2)9-16/h4-12,27H,3,13-14H2,1-2H3. The van der Waals surface area contributed by atoms with Crippen LogP contribution in [0, 0.1) is 6.92 Å². The van der Waals surface area contributed by atoms with Crippen molar-refractivity contribution < 1.29 is 9.47 Å². The number of hydrogen-bond acceptors (Lipinski definition) is 3. The zero-order valence-electron chi connectivity index (χ0n) is 16.3. The molecule has 0 aliphatic rings. The number of aryl methyl sites for hydroxylation is 1. The highest BCUT2D eigenvalue weighted by Crippen LogP contribution is 2.37. The van der Waals surface area contributed by atoms with E-state index in [-0.39, 0.29) is 0 Å². The van der Waals surface area contributed by atoms with Crippen LogP contribution in [0.4, 0.5) is 5.69 Å². The van der Waals surface area contributed by atoms with Crippen molar-refractivity contribution in [1.29, 1.82) is 0 Å². The van der Waals surface area contributed by atoms with Crippen LogP contribution in [0.2, 0.25) is 15.1 Å². The second kappa shape index (κ2) is 10.1. The maximum Gasteiger partial charge on any atom is 0.180 e. The summed E-state index contributed by atoms with van der Waals surface area (Å²) in [6, 6.07) is 17.3. The summed E-state index contributed by atoms with van der Waals surface area (Å²) in [6.45, 7) is 5.43. The molecule has 0 heterocycles. The van der Waals surface area contributed by atoms with Gasteiger partial charge >= 0.3 is 0 Å². The highest BCUT2D eigenvalue weighted by Gasteiger charge is 2.13. The smallest absolute Gasteiger partial charge is 0.180 e. The Morgan fingerprint density at radius 3 is 2.41 bits per heavy atom. The van der Waals surface area contributed by atoms with Gasteiger partial charge in [-0.2, -0.15) is 0 Å². The molecule has 0 bridgehead atoms. The lowest BCUT2D eigenvalue weighted by Gasteiger charge is -2.16. The van der Waals surface area contributed by atoms with E-state index in [1.165, 1.54) is 5.56 Å². The van der Waals surface area contributed by atoms with Crippen molar-refractivity contribution in [1.82, 2.24) is 0 Å². The van der Waals surface area contributed by atoms with Gasteiger partial charge in [0.1, 0.15) is 6.61 Å². The lowest BCUT2D eigenvalue weighted by atomic mass is 10.1. The second-order valence-electron chi connectivity index (χ2n) is 6.59. The summed E-state index contributed by atoms with van der Waals surface area (Å²) >= 11 is 18.7. The zero-order chi connectivity index (χ0) is 20.8. The number of nitrogens with one attached hydrogen (secondary N) is 1. The van der Waals surface area contributed by atoms with Crippen LogP contribution in [0.1, 0.15) is 23.6 Å². The molecule has 3 aromatic carbocycles. The molecule has 0 aliphatic heterocycles. The van der Waals surface area contributed by atoms with Crippen molar-refractivity contribution in [3.05, 3.63) is 86.4 Å². The molecule has 0 unspecified atom stereocenters. The van der Waals surface area contributed by atoms with Crippen LogP contribution in [-0.4, -0.2) is 6.61 Å². The SMILES string of the molecule is CCOc1cc(CNc2ccc(Cl)cc2Cl)cc(Cl)c1OCc1cccc(C)c1. The number of ether oxygens (including phenoxy) is 2. The van der Waals surface area contributed by atoms with Gasteiger partial charge in [-0.3, -0.25) is 0 Å². The molecule has 0 spiro atoms. The average molecular weight is 451 g/mol. The maximum atomic E-state index is 6.53. The van der Waals surface area contributed by atoms with E-state index >= 15 is 0 Å². The molecule has 3 nitrogen and oxygen atoms in total. The third kappa shape index (κ3) is 5.96. The van der Waals surface area contributed by atoms with Crippen molar-refractivity contribution in [3.8, 4) is 11.5 Å². The van der Waals surface area contributed by atoms with Gasteiger partial charge in [0.05, 0.1) is 22.3 Å². The van der Waals surface area contributed by atoms with Gasteiger partial charge in [0, 0.05) is 11.6 Å². The van der Waals surface area contributed by atoms with Crippen molar-refractivity contribution in [2.24, 2.45) is 0 Å². The average Bonchev–Trinajstić information content (AvgIpc) is 2.67. The summed E-state index contributed by atoms with van der Waals surface area (Å²) in [5.74, 6) is 1.16. The van der Waals surface area contributed by atoms with Crippen molar-refractivity contribution >= 4 is 40.5 Å². The van der Waals surface area contributed by atoms with E-state index in [9.17, 15) is 0 Å². The normalized spacial score (nSPS) is 10.7. The molecule has 29 heavy (non-hydrogen) atoms. The summed E-state index contributed by atoms with van der Waals surface area (Å²) in [7, 11) is 0. The van der Waals surface area contributed by atoms with E-state index in [1.807, 2.05) is 37.3 Å². The van der Waals surface area contributed by atoms with Crippen LogP contribution in [-0.2, 0) is 13.2 Å². The van der Waals surface area contributed by atoms with Gasteiger partial charge < -0.3 is 14.8 Å². The molecule has 6 heteroatoms. The molecule has 0 radical (unpaired) electrons. The number of rotatable bonds is 8. The van der Waals surface area contributed by atoms with Crippen LogP contribution in [0.15, 0.2) is 54.6 Å². The summed E-state index contributed by atoms with van der Waals surface area (Å²) in [6.07, 6.45) is 0. The first-order valence-electron chi connectivity index (χ1n) is 9.28. The first kappa shape index (κ1) is 21.6. The topological polar surface area (TPSA) is 30.5 Å². The molecule has 0 fully saturated rings. The fraction of sp³-hybridized carbons (Fsp3) is 0.217. The Balaban J connectivity index is 1.76. The van der Waals surface area contributed by atoms with Crippen molar-refractivity contribution in [3.63, 3.8) is 0 Å². The first-order chi connectivity index (χ1) is 14.0. The fourth-order valence-electron chi connectivity index (χ4n) is 2.91. The Kier molecular flexibility index (Phi) is 7.54. The summed E-state index contributed by atoms with van der Waals surface area (Å²) < 4.78 is 11.8. The molecule has 0 saturated carbocycles. The van der Waals surface area contributed by atoms with Crippen LogP contribution >= 0.6 is 34.8 Å². The molecule has 0 amide bonds. The van der Waals surface area contributed by atoms with Crippen LogP contribution < -0.4 is 14.8 Å². The Labute approximate surface area is 186 Å². The Morgan fingerprint density at radius 2 is 1.69 bits per heavy atom. The Hall–Kier alpha value is -2.07. The van der Waals surface area contributed by atoms with Gasteiger partial charge in [-0.15, -0.1) is 0 Å². The number of anilines is 1. The van der Waals surface area contributed by atoms with E-state index in [4.69, 9.17) is 44.3 Å². The van der Waals surface area contributed by atoms with Crippen molar-refractivity contribution in [2.45, 2.75) is 27.0 Å². The van der Waals surface area contributed by atoms with E-state index < -0.39 is 0 Å². The molecule has 3 rings (SSSR count). The number of benzene rings is 3. The lowest BCUT2D eigenvalue weighted by Crippen LogP contribution is -2.04. The molecule has 152 valence electrons. The molecule has 0 aromatic heterocycles. The minimum Gasteiger partial charge on any atom is -0.490 e. The van der Waals surface area contributed by atoms with Gasteiger partial charge in [-0.05, 0) is 55.3 Å². The molecular weight excluding hydrogens is 429 g/mol. The number of halogens is 3. The highest BCUT2D eigenvalue weighted by molar-refractivity contribution is 6.36. The molecule has 0 aliphatic carbocycles. The first-order valence-corrected chi connectivity index (χ1v) is 10.4. The molecule has 1 N–H and O–H groups in total. The highest BCUT2D eigenvalue weighted by atomic mass is 35.5. The second-order valence-corrected chi connectivity index (χ2v) is 7.84. The van der Waals surface area contributed by atoms with Gasteiger partial charge in [0.2, 0.25) is 0 Å². The van der Waals surface area contributed by atoms with Crippen LogP contribution in [0.3, 0.4) is 0 Å². The van der Waals surface area contributed by atoms with E-state index in [2.05, 4.69) is 24.4 Å². The van der Waals surface area contributed by atoms with E-state index in [0.717, 1.165) is 16.8 Å².